The van der Waals surface area contributed by atoms with Gasteiger partial charge < -0.3 is 25.2 Å². The predicted molar refractivity (Wildman–Crippen MR) is 66.5 cm³/mol. The van der Waals surface area contributed by atoms with Gasteiger partial charge in [-0.05, 0) is 12.1 Å². The van der Waals surface area contributed by atoms with Crippen molar-refractivity contribution < 1.29 is 30.0 Å². The van der Waals surface area contributed by atoms with E-state index in [0.29, 0.717) is 0 Å². The average Bonchev–Trinajstić information content (AvgIpc) is 2.72. The highest BCUT2D eigenvalue weighted by Gasteiger charge is 2.42. The number of carbonyl (C=O) groups is 1. The Kier molecular flexibility index (Phi) is 4.53. The SMILES string of the molecule is O=C(NN[C@@H]1O[C@H](CO)[C@@H](O)[C@H]1O)c1ccccc1O. The third-order valence-electron chi connectivity index (χ3n) is 3.02. The normalized spacial score (nSPS) is 29.4. The number of phenolic OH excluding ortho intramolecular Hbond substituents is 1. The molecule has 0 aromatic heterocycles. The van der Waals surface area contributed by atoms with Crippen LogP contribution in [0.15, 0.2) is 24.3 Å². The van der Waals surface area contributed by atoms with Crippen molar-refractivity contribution in [2.24, 2.45) is 0 Å². The summed E-state index contributed by atoms with van der Waals surface area (Å²) in [5.41, 5.74) is 4.70. The fourth-order valence-corrected chi connectivity index (χ4v) is 1.89. The minimum absolute atomic E-state index is 0.0479. The van der Waals surface area contributed by atoms with Gasteiger partial charge in [0.25, 0.3) is 5.91 Å². The molecule has 4 atom stereocenters. The molecule has 2 rings (SSSR count). The number of hydrogen-bond acceptors (Lipinski definition) is 7. The number of hydrazine groups is 1. The molecule has 1 aliphatic rings. The summed E-state index contributed by atoms with van der Waals surface area (Å²) in [6, 6.07) is 5.94. The molecule has 0 radical (unpaired) electrons. The molecule has 8 heteroatoms. The fourth-order valence-electron chi connectivity index (χ4n) is 1.89. The Morgan fingerprint density at radius 2 is 1.95 bits per heavy atom. The Hall–Kier alpha value is -1.71. The van der Waals surface area contributed by atoms with E-state index in [-0.39, 0.29) is 11.3 Å². The molecule has 0 unspecified atom stereocenters. The second-order valence-electron chi connectivity index (χ2n) is 4.37. The van der Waals surface area contributed by atoms with Crippen LogP contribution in [0.2, 0.25) is 0 Å². The van der Waals surface area contributed by atoms with Crippen LogP contribution in [-0.2, 0) is 4.74 Å². The van der Waals surface area contributed by atoms with Crippen molar-refractivity contribution in [1.29, 1.82) is 0 Å². The van der Waals surface area contributed by atoms with E-state index in [1.807, 2.05) is 0 Å². The third kappa shape index (κ3) is 2.89. The van der Waals surface area contributed by atoms with E-state index < -0.39 is 37.1 Å². The predicted octanol–water partition coefficient (Wildman–Crippen LogP) is -1.93. The van der Waals surface area contributed by atoms with Crippen molar-refractivity contribution >= 4 is 5.91 Å². The summed E-state index contributed by atoms with van der Waals surface area (Å²) in [6.07, 6.45) is -4.53. The Labute approximate surface area is 114 Å². The summed E-state index contributed by atoms with van der Waals surface area (Å²) in [6.45, 7) is -0.455. The van der Waals surface area contributed by atoms with E-state index in [0.717, 1.165) is 0 Å². The minimum atomic E-state index is -1.29. The molecule has 20 heavy (non-hydrogen) atoms. The maximum absolute atomic E-state index is 11.8. The number of hydrogen-bond donors (Lipinski definition) is 6. The lowest BCUT2D eigenvalue weighted by molar-refractivity contribution is -0.0375. The maximum Gasteiger partial charge on any atom is 0.269 e. The van der Waals surface area contributed by atoms with E-state index in [1.54, 1.807) is 12.1 Å². The summed E-state index contributed by atoms with van der Waals surface area (Å²) in [5, 5.41) is 37.6. The van der Waals surface area contributed by atoms with E-state index in [9.17, 15) is 20.1 Å². The van der Waals surface area contributed by atoms with Crippen LogP contribution in [0.3, 0.4) is 0 Å². The number of para-hydroxylation sites is 1. The highest BCUT2D eigenvalue weighted by atomic mass is 16.6. The van der Waals surface area contributed by atoms with Crippen LogP contribution in [0, 0.1) is 0 Å². The number of amides is 1. The average molecular weight is 284 g/mol. The molecule has 1 aromatic carbocycles. The lowest BCUT2D eigenvalue weighted by atomic mass is 10.1. The van der Waals surface area contributed by atoms with Gasteiger partial charge in [-0.2, -0.15) is 0 Å². The molecule has 1 amide bonds. The monoisotopic (exact) mass is 284 g/mol. The lowest BCUT2D eigenvalue weighted by Gasteiger charge is -2.17. The van der Waals surface area contributed by atoms with Crippen molar-refractivity contribution in [2.45, 2.75) is 24.5 Å². The molecule has 1 fully saturated rings. The number of aliphatic hydroxyl groups excluding tert-OH is 3. The van der Waals surface area contributed by atoms with E-state index in [2.05, 4.69) is 10.9 Å². The highest BCUT2D eigenvalue weighted by Crippen LogP contribution is 2.19. The minimum Gasteiger partial charge on any atom is -0.507 e. The van der Waals surface area contributed by atoms with Crippen molar-refractivity contribution in [3.05, 3.63) is 29.8 Å². The molecular formula is C12H16N2O6. The maximum atomic E-state index is 11.8. The van der Waals surface area contributed by atoms with Crippen molar-refractivity contribution in [3.63, 3.8) is 0 Å². The van der Waals surface area contributed by atoms with Crippen LogP contribution in [0.5, 0.6) is 5.75 Å². The Morgan fingerprint density at radius 3 is 2.55 bits per heavy atom. The topological polar surface area (TPSA) is 131 Å². The smallest absolute Gasteiger partial charge is 0.269 e. The van der Waals surface area contributed by atoms with Crippen molar-refractivity contribution in [3.8, 4) is 5.75 Å². The first-order valence-electron chi connectivity index (χ1n) is 6.01. The lowest BCUT2D eigenvalue weighted by Crippen LogP contribution is -2.49. The number of aromatic hydroxyl groups is 1. The van der Waals surface area contributed by atoms with Crippen LogP contribution in [0.25, 0.3) is 0 Å². The van der Waals surface area contributed by atoms with Crippen LogP contribution in [0.1, 0.15) is 10.4 Å². The summed E-state index contributed by atoms with van der Waals surface area (Å²) in [5.74, 6) is -0.811. The van der Waals surface area contributed by atoms with E-state index in [1.165, 1.54) is 12.1 Å². The molecule has 1 aromatic rings. The molecule has 0 bridgehead atoms. The molecular weight excluding hydrogens is 268 g/mol. The van der Waals surface area contributed by atoms with Crippen molar-refractivity contribution in [2.75, 3.05) is 6.61 Å². The first-order chi connectivity index (χ1) is 9.54. The molecule has 8 nitrogen and oxygen atoms in total. The molecule has 0 aliphatic carbocycles. The Morgan fingerprint density at radius 1 is 1.25 bits per heavy atom. The van der Waals surface area contributed by atoms with Gasteiger partial charge in [-0.1, -0.05) is 12.1 Å². The number of ether oxygens (including phenoxy) is 1. The zero-order valence-corrected chi connectivity index (χ0v) is 10.4. The van der Waals surface area contributed by atoms with Gasteiger partial charge in [0.15, 0.2) is 6.23 Å². The number of carbonyl (C=O) groups excluding carboxylic acids is 1. The van der Waals surface area contributed by atoms with Gasteiger partial charge in [-0.15, -0.1) is 0 Å². The summed E-state index contributed by atoms with van der Waals surface area (Å²) < 4.78 is 5.11. The highest BCUT2D eigenvalue weighted by molar-refractivity contribution is 5.96. The molecule has 6 N–H and O–H groups in total. The number of phenols is 1. The quantitative estimate of drug-likeness (QED) is 0.355. The van der Waals surface area contributed by atoms with Gasteiger partial charge in [0.05, 0.1) is 12.2 Å². The third-order valence-corrected chi connectivity index (χ3v) is 3.02. The Balaban J connectivity index is 1.93. The summed E-state index contributed by atoms with van der Waals surface area (Å²) >= 11 is 0. The van der Waals surface area contributed by atoms with E-state index in [4.69, 9.17) is 9.84 Å². The number of aliphatic hydroxyl groups is 3. The zero-order chi connectivity index (χ0) is 14.7. The summed E-state index contributed by atoms with van der Waals surface area (Å²) in [7, 11) is 0. The molecule has 0 saturated carbocycles. The van der Waals surface area contributed by atoms with E-state index >= 15 is 0 Å². The van der Waals surface area contributed by atoms with Crippen LogP contribution >= 0.6 is 0 Å². The molecule has 1 heterocycles. The second-order valence-corrected chi connectivity index (χ2v) is 4.37. The molecule has 1 aliphatic heterocycles. The van der Waals surface area contributed by atoms with Gasteiger partial charge in [-0.25, -0.2) is 5.43 Å². The van der Waals surface area contributed by atoms with Crippen molar-refractivity contribution in [1.82, 2.24) is 10.9 Å². The van der Waals surface area contributed by atoms with Crippen LogP contribution in [-0.4, -0.2) is 57.5 Å². The number of nitrogens with one attached hydrogen (secondary N) is 2. The van der Waals surface area contributed by atoms with Gasteiger partial charge in [-0.3, -0.25) is 10.2 Å². The first-order valence-corrected chi connectivity index (χ1v) is 6.01. The molecule has 0 spiro atoms. The van der Waals surface area contributed by atoms with Gasteiger partial charge in [0, 0.05) is 0 Å². The fraction of sp³-hybridized carbons (Fsp3) is 0.417. The largest absolute Gasteiger partial charge is 0.507 e. The number of benzene rings is 1. The standard InChI is InChI=1S/C12H16N2O6/c15-5-8-9(17)10(18)12(20-8)14-13-11(19)6-3-1-2-4-7(6)16/h1-4,8-10,12,14-18H,5H2,(H,13,19)/t8-,9-,10-,12-/m1/s1. The molecule has 110 valence electrons. The zero-order valence-electron chi connectivity index (χ0n) is 10.4. The molecule has 1 saturated heterocycles. The van der Waals surface area contributed by atoms with Crippen LogP contribution in [0.4, 0.5) is 0 Å². The van der Waals surface area contributed by atoms with Gasteiger partial charge >= 0.3 is 0 Å². The Bertz CT molecular complexity index is 483. The second kappa shape index (κ2) is 6.16. The number of rotatable bonds is 4. The first kappa shape index (κ1) is 14.7. The van der Waals surface area contributed by atoms with Crippen LogP contribution < -0.4 is 10.9 Å². The van der Waals surface area contributed by atoms with Gasteiger partial charge in [0.1, 0.15) is 24.1 Å². The van der Waals surface area contributed by atoms with Gasteiger partial charge in [0.2, 0.25) is 0 Å². The summed E-state index contributed by atoms with van der Waals surface area (Å²) in [4.78, 5) is 11.8.